The number of nitrogens with two attached hydrogens (primary N) is 1. The Hall–Kier alpha value is -1.62. The number of hydrogen-bond donors (Lipinski definition) is 1. The molecule has 1 fully saturated rings. The van der Waals surface area contributed by atoms with Crippen LogP contribution in [0.1, 0.15) is 19.0 Å². The molecule has 1 unspecified atom stereocenters. The topological polar surface area (TPSA) is 60.0 Å². The number of aromatic nitrogens is 3. The van der Waals surface area contributed by atoms with Crippen LogP contribution in [-0.2, 0) is 6.54 Å². The van der Waals surface area contributed by atoms with Gasteiger partial charge in [-0.1, -0.05) is 6.92 Å². The second-order valence-corrected chi connectivity index (χ2v) is 5.42. The Balaban J connectivity index is 1.88. The number of hydrogen-bond acceptors (Lipinski definition) is 4. The fourth-order valence-electron chi connectivity index (χ4n) is 2.90. The molecule has 1 aliphatic rings. The van der Waals surface area contributed by atoms with E-state index in [9.17, 15) is 0 Å². The lowest BCUT2D eigenvalue weighted by Gasteiger charge is -2.14. The molecule has 19 heavy (non-hydrogen) atoms. The highest BCUT2D eigenvalue weighted by atomic mass is 15.2. The Morgan fingerprint density at radius 2 is 2.21 bits per heavy atom. The van der Waals surface area contributed by atoms with Gasteiger partial charge in [-0.15, -0.1) is 0 Å². The molecular formula is C14H21N5. The molecule has 0 spiro atoms. The molecule has 5 heteroatoms. The molecule has 2 N–H and O–H groups in total. The predicted molar refractivity (Wildman–Crippen MR) is 76.9 cm³/mol. The summed E-state index contributed by atoms with van der Waals surface area (Å²) in [4.78, 5) is 11.5. The van der Waals surface area contributed by atoms with E-state index in [1.807, 2.05) is 19.1 Å². The largest absolute Gasteiger partial charge is 0.369 e. The summed E-state index contributed by atoms with van der Waals surface area (Å²) in [5.41, 5.74) is 8.88. The van der Waals surface area contributed by atoms with Gasteiger partial charge in [0.2, 0.25) is 5.95 Å². The van der Waals surface area contributed by atoms with Crippen molar-refractivity contribution in [3.63, 3.8) is 0 Å². The third kappa shape index (κ3) is 2.30. The average molecular weight is 259 g/mol. The first-order valence-electron chi connectivity index (χ1n) is 6.99. The van der Waals surface area contributed by atoms with E-state index in [-0.39, 0.29) is 0 Å². The van der Waals surface area contributed by atoms with Crippen LogP contribution in [0.3, 0.4) is 0 Å². The van der Waals surface area contributed by atoms with Crippen molar-refractivity contribution in [3.8, 4) is 0 Å². The van der Waals surface area contributed by atoms with Crippen molar-refractivity contribution in [1.82, 2.24) is 19.4 Å². The molecule has 5 nitrogen and oxygen atoms in total. The lowest BCUT2D eigenvalue weighted by atomic mass is 10.1. The van der Waals surface area contributed by atoms with E-state index >= 15 is 0 Å². The number of pyridine rings is 1. The smallest absolute Gasteiger partial charge is 0.202 e. The molecule has 2 aromatic rings. The second-order valence-electron chi connectivity index (χ2n) is 5.42. The van der Waals surface area contributed by atoms with Crippen LogP contribution in [0.2, 0.25) is 0 Å². The first-order chi connectivity index (χ1) is 9.17. The summed E-state index contributed by atoms with van der Waals surface area (Å²) < 4.78 is 2.08. The Kier molecular flexibility index (Phi) is 3.14. The van der Waals surface area contributed by atoms with Gasteiger partial charge in [-0.05, 0) is 44.5 Å². The normalized spacial score (nSPS) is 20.4. The Morgan fingerprint density at radius 1 is 1.37 bits per heavy atom. The standard InChI is InChI=1S/C14H21N5/c1-3-18-7-6-11(8-18)9-19-13-12(17-14(19)15)5-4-10(2)16-13/h4-5,11H,3,6-9H2,1-2H3,(H2,15,17). The summed E-state index contributed by atoms with van der Waals surface area (Å²) in [6.45, 7) is 8.63. The fraction of sp³-hybridized carbons (Fsp3) is 0.571. The van der Waals surface area contributed by atoms with Crippen molar-refractivity contribution in [1.29, 1.82) is 0 Å². The molecular weight excluding hydrogens is 238 g/mol. The van der Waals surface area contributed by atoms with Crippen LogP contribution in [0, 0.1) is 12.8 Å². The number of anilines is 1. The van der Waals surface area contributed by atoms with Crippen LogP contribution in [0.4, 0.5) is 5.95 Å². The molecule has 3 heterocycles. The molecule has 0 bridgehead atoms. The molecule has 0 radical (unpaired) electrons. The summed E-state index contributed by atoms with van der Waals surface area (Å²) in [6.07, 6.45) is 1.23. The van der Waals surface area contributed by atoms with Crippen molar-refractivity contribution in [3.05, 3.63) is 17.8 Å². The summed E-state index contributed by atoms with van der Waals surface area (Å²) in [5.74, 6) is 1.24. The molecule has 102 valence electrons. The zero-order valence-electron chi connectivity index (χ0n) is 11.6. The second kappa shape index (κ2) is 4.81. The number of imidazole rings is 1. The molecule has 0 aromatic carbocycles. The van der Waals surface area contributed by atoms with Crippen molar-refractivity contribution < 1.29 is 0 Å². The van der Waals surface area contributed by atoms with Gasteiger partial charge >= 0.3 is 0 Å². The number of rotatable bonds is 3. The summed E-state index contributed by atoms with van der Waals surface area (Å²) in [7, 11) is 0. The van der Waals surface area contributed by atoms with E-state index in [4.69, 9.17) is 5.73 Å². The zero-order chi connectivity index (χ0) is 13.4. The van der Waals surface area contributed by atoms with Crippen LogP contribution < -0.4 is 5.73 Å². The number of fused-ring (bicyclic) bond motifs is 1. The minimum atomic E-state index is 0.586. The molecule has 0 saturated carbocycles. The van der Waals surface area contributed by atoms with E-state index in [1.165, 1.54) is 13.0 Å². The maximum Gasteiger partial charge on any atom is 0.202 e. The summed E-state index contributed by atoms with van der Waals surface area (Å²) in [6, 6.07) is 3.98. The SMILES string of the molecule is CCN1CCC(Cn2c(N)nc3ccc(C)nc32)C1. The average Bonchev–Trinajstić information content (AvgIpc) is 2.96. The van der Waals surface area contributed by atoms with Gasteiger partial charge in [0.15, 0.2) is 5.65 Å². The number of nitrogens with zero attached hydrogens (tertiary/aromatic N) is 4. The van der Waals surface area contributed by atoms with Crippen molar-refractivity contribution in [2.75, 3.05) is 25.4 Å². The van der Waals surface area contributed by atoms with Gasteiger partial charge in [0, 0.05) is 18.8 Å². The molecule has 1 aliphatic heterocycles. The molecule has 2 aromatic heterocycles. The highest BCUT2D eigenvalue weighted by molar-refractivity contribution is 5.74. The van der Waals surface area contributed by atoms with Gasteiger partial charge in [-0.2, -0.15) is 0 Å². The van der Waals surface area contributed by atoms with Gasteiger partial charge in [-0.3, -0.25) is 4.57 Å². The van der Waals surface area contributed by atoms with Crippen molar-refractivity contribution >= 4 is 17.1 Å². The summed E-state index contributed by atoms with van der Waals surface area (Å²) >= 11 is 0. The highest BCUT2D eigenvalue weighted by Gasteiger charge is 2.23. The van der Waals surface area contributed by atoms with Gasteiger partial charge in [-0.25, -0.2) is 9.97 Å². The monoisotopic (exact) mass is 259 g/mol. The maximum absolute atomic E-state index is 6.05. The van der Waals surface area contributed by atoms with Gasteiger partial charge in [0.1, 0.15) is 5.52 Å². The zero-order valence-corrected chi connectivity index (χ0v) is 11.6. The Morgan fingerprint density at radius 3 is 2.95 bits per heavy atom. The maximum atomic E-state index is 6.05. The Labute approximate surface area is 113 Å². The Bertz CT molecular complexity index is 589. The quantitative estimate of drug-likeness (QED) is 0.910. The number of likely N-dealkylation sites (tertiary alicyclic amines) is 1. The first kappa shape index (κ1) is 12.4. The van der Waals surface area contributed by atoms with Gasteiger partial charge in [0.05, 0.1) is 0 Å². The lowest BCUT2D eigenvalue weighted by Crippen LogP contribution is -2.21. The predicted octanol–water partition coefficient (Wildman–Crippen LogP) is 1.66. The third-order valence-corrected chi connectivity index (χ3v) is 4.02. The van der Waals surface area contributed by atoms with Crippen LogP contribution in [-0.4, -0.2) is 39.1 Å². The number of nitrogen functional groups attached to an aromatic ring is 1. The molecule has 1 atom stereocenters. The molecule has 3 rings (SSSR count). The van der Waals surface area contributed by atoms with E-state index in [0.717, 1.165) is 36.5 Å². The van der Waals surface area contributed by atoms with Crippen molar-refractivity contribution in [2.45, 2.75) is 26.8 Å². The van der Waals surface area contributed by atoms with E-state index in [0.29, 0.717) is 11.9 Å². The van der Waals surface area contributed by atoms with Crippen LogP contribution in [0.25, 0.3) is 11.2 Å². The van der Waals surface area contributed by atoms with E-state index < -0.39 is 0 Å². The summed E-state index contributed by atoms with van der Waals surface area (Å²) in [5, 5.41) is 0. The third-order valence-electron chi connectivity index (χ3n) is 4.02. The van der Waals surface area contributed by atoms with Crippen LogP contribution in [0.15, 0.2) is 12.1 Å². The van der Waals surface area contributed by atoms with E-state index in [2.05, 4.69) is 26.4 Å². The van der Waals surface area contributed by atoms with Gasteiger partial charge < -0.3 is 10.6 Å². The fourth-order valence-corrected chi connectivity index (χ4v) is 2.90. The minimum Gasteiger partial charge on any atom is -0.369 e. The molecule has 0 amide bonds. The highest BCUT2D eigenvalue weighted by Crippen LogP contribution is 2.22. The number of aryl methyl sites for hydroxylation is 1. The van der Waals surface area contributed by atoms with Crippen LogP contribution in [0.5, 0.6) is 0 Å². The van der Waals surface area contributed by atoms with Crippen LogP contribution >= 0.6 is 0 Å². The van der Waals surface area contributed by atoms with Crippen molar-refractivity contribution in [2.24, 2.45) is 5.92 Å². The lowest BCUT2D eigenvalue weighted by molar-refractivity contribution is 0.334. The molecule has 0 aliphatic carbocycles. The molecule has 1 saturated heterocycles. The first-order valence-corrected chi connectivity index (χ1v) is 6.99. The minimum absolute atomic E-state index is 0.586. The van der Waals surface area contributed by atoms with Gasteiger partial charge in [0.25, 0.3) is 0 Å². The van der Waals surface area contributed by atoms with E-state index in [1.54, 1.807) is 0 Å².